The van der Waals surface area contributed by atoms with Crippen molar-refractivity contribution in [2.24, 2.45) is 5.92 Å². The molecule has 0 spiro atoms. The smallest absolute Gasteiger partial charge is 0.352 e. The first-order chi connectivity index (χ1) is 17.1. The third kappa shape index (κ3) is 8.41. The first-order valence-corrected chi connectivity index (χ1v) is 13.4. The van der Waals surface area contributed by atoms with Gasteiger partial charge in [-0.15, -0.1) is 0 Å². The summed E-state index contributed by atoms with van der Waals surface area (Å²) in [6.07, 6.45) is 10.3. The Morgan fingerprint density at radius 2 is 1.66 bits per heavy atom. The number of unbranched alkanes of at least 4 members (excludes halogenated alkanes) is 6. The molecule has 190 valence electrons. The maximum absolute atomic E-state index is 13.0. The van der Waals surface area contributed by atoms with Gasteiger partial charge in [0.25, 0.3) is 0 Å². The van der Waals surface area contributed by atoms with Crippen molar-refractivity contribution in [1.82, 2.24) is 0 Å². The van der Waals surface area contributed by atoms with E-state index in [9.17, 15) is 9.59 Å². The highest BCUT2D eigenvalue weighted by molar-refractivity contribution is 5.85. The van der Waals surface area contributed by atoms with Gasteiger partial charge in [0.1, 0.15) is 11.5 Å². The highest BCUT2D eigenvalue weighted by atomic mass is 16.6. The number of hydrogen-bond donors (Lipinski definition) is 0. The Balaban J connectivity index is 1.64. The molecule has 3 rings (SSSR count). The predicted molar refractivity (Wildman–Crippen MR) is 139 cm³/mol. The number of carbonyl (C=O) groups is 2. The van der Waals surface area contributed by atoms with Crippen molar-refractivity contribution in [3.05, 3.63) is 48.5 Å². The largest absolute Gasteiger partial charge is 0.493 e. The fourth-order valence-electron chi connectivity index (χ4n) is 4.42. The van der Waals surface area contributed by atoms with Gasteiger partial charge in [0.05, 0.1) is 12.5 Å². The maximum atomic E-state index is 13.0. The van der Waals surface area contributed by atoms with E-state index in [2.05, 4.69) is 13.8 Å². The summed E-state index contributed by atoms with van der Waals surface area (Å²) in [4.78, 5) is 25.4. The number of hydrogen-bond acceptors (Lipinski definition) is 5. The van der Waals surface area contributed by atoms with E-state index in [1.54, 1.807) is 6.07 Å². The number of benzene rings is 2. The molecule has 5 heteroatoms. The summed E-state index contributed by atoms with van der Waals surface area (Å²) < 4.78 is 17.3. The second-order valence-electron chi connectivity index (χ2n) is 9.40. The van der Waals surface area contributed by atoms with Crippen LogP contribution >= 0.6 is 0 Å². The second-order valence-corrected chi connectivity index (χ2v) is 9.40. The molecule has 0 bridgehead atoms. The Morgan fingerprint density at radius 1 is 0.914 bits per heavy atom. The van der Waals surface area contributed by atoms with Crippen LogP contribution in [0.3, 0.4) is 0 Å². The molecular weight excluding hydrogens is 440 g/mol. The second kappa shape index (κ2) is 14.6. The van der Waals surface area contributed by atoms with E-state index >= 15 is 0 Å². The molecule has 0 N–H and O–H groups in total. The van der Waals surface area contributed by atoms with Gasteiger partial charge in [-0.2, -0.15) is 0 Å². The van der Waals surface area contributed by atoms with Crippen LogP contribution in [0.5, 0.6) is 11.5 Å². The first-order valence-electron chi connectivity index (χ1n) is 13.4. The van der Waals surface area contributed by atoms with Gasteiger partial charge in [-0.1, -0.05) is 89.1 Å². The Bertz CT molecular complexity index is 924. The molecule has 1 aliphatic rings. The molecular formula is C30H40O5. The fraction of sp³-hybridized carbons (Fsp3) is 0.533. The minimum absolute atomic E-state index is 0.113. The Kier molecular flexibility index (Phi) is 11.1. The molecule has 2 aromatic rings. The number of carbonyl (C=O) groups excluding carboxylic acids is 2. The van der Waals surface area contributed by atoms with Gasteiger partial charge in [-0.25, -0.2) is 4.79 Å². The van der Waals surface area contributed by atoms with Gasteiger partial charge in [-0.05, 0) is 43.4 Å². The van der Waals surface area contributed by atoms with E-state index in [4.69, 9.17) is 14.2 Å². The third-order valence-electron chi connectivity index (χ3n) is 6.55. The summed E-state index contributed by atoms with van der Waals surface area (Å²) in [5.74, 6) is 0.160. The van der Waals surface area contributed by atoms with Crippen LogP contribution in [0.15, 0.2) is 48.5 Å². The third-order valence-corrected chi connectivity index (χ3v) is 6.55. The average Bonchev–Trinajstić information content (AvgIpc) is 2.88. The van der Waals surface area contributed by atoms with Crippen molar-refractivity contribution in [3.63, 3.8) is 0 Å². The highest BCUT2D eigenvalue weighted by Crippen LogP contribution is 2.35. The molecule has 1 saturated heterocycles. The van der Waals surface area contributed by atoms with Crippen LogP contribution in [0.2, 0.25) is 0 Å². The van der Waals surface area contributed by atoms with Crippen molar-refractivity contribution < 1.29 is 23.8 Å². The van der Waals surface area contributed by atoms with E-state index in [1.807, 2.05) is 42.5 Å². The molecule has 35 heavy (non-hydrogen) atoms. The van der Waals surface area contributed by atoms with Crippen LogP contribution in [-0.4, -0.2) is 24.6 Å². The minimum atomic E-state index is -0.864. The van der Waals surface area contributed by atoms with Gasteiger partial charge in [-0.3, -0.25) is 4.79 Å². The lowest BCUT2D eigenvalue weighted by atomic mass is 9.93. The Hall–Kier alpha value is -2.82. The van der Waals surface area contributed by atoms with Crippen LogP contribution in [0, 0.1) is 5.92 Å². The Morgan fingerprint density at radius 3 is 2.40 bits per heavy atom. The molecule has 0 aromatic heterocycles. The van der Waals surface area contributed by atoms with Gasteiger partial charge in [0.2, 0.25) is 0 Å². The standard InChI is InChI=1S/C30H40O5/c1-3-5-7-8-9-13-21-33-25-18-19-26(23-15-11-10-12-16-23)28(22-25)35-30(32)27-20-17-24(14-6-4-2)29(31)34-27/h10-12,15-16,18-19,22,24,27H,3-9,13-14,17,20-21H2,1-2H3/t24-,27-/m0/s1. The van der Waals surface area contributed by atoms with Gasteiger partial charge >= 0.3 is 11.9 Å². The zero-order chi connectivity index (χ0) is 24.9. The quantitative estimate of drug-likeness (QED) is 0.159. The zero-order valence-electron chi connectivity index (χ0n) is 21.3. The van der Waals surface area contributed by atoms with Gasteiger partial charge < -0.3 is 14.2 Å². The normalized spacial score (nSPS) is 17.6. The van der Waals surface area contributed by atoms with E-state index < -0.39 is 12.1 Å². The van der Waals surface area contributed by atoms with Crippen molar-refractivity contribution in [2.45, 2.75) is 90.6 Å². The van der Waals surface area contributed by atoms with E-state index in [0.717, 1.165) is 43.2 Å². The summed E-state index contributed by atoms with van der Waals surface area (Å²) in [5.41, 5.74) is 1.74. The lowest BCUT2D eigenvalue weighted by Gasteiger charge is -2.27. The predicted octanol–water partition coefficient (Wildman–Crippen LogP) is 7.51. The summed E-state index contributed by atoms with van der Waals surface area (Å²) in [6.45, 7) is 4.95. The molecule has 0 aliphatic carbocycles. The Labute approximate surface area is 210 Å². The van der Waals surface area contributed by atoms with Crippen LogP contribution in [0.25, 0.3) is 11.1 Å². The molecule has 1 fully saturated rings. The van der Waals surface area contributed by atoms with E-state index in [0.29, 0.717) is 30.9 Å². The molecule has 0 amide bonds. The number of esters is 2. The summed E-state index contributed by atoms with van der Waals surface area (Å²) >= 11 is 0. The van der Waals surface area contributed by atoms with Crippen LogP contribution in [-0.2, 0) is 14.3 Å². The summed E-state index contributed by atoms with van der Waals surface area (Å²) in [5, 5.41) is 0. The molecule has 0 unspecified atom stereocenters. The first kappa shape index (κ1) is 26.8. The highest BCUT2D eigenvalue weighted by Gasteiger charge is 2.35. The monoisotopic (exact) mass is 480 g/mol. The van der Waals surface area contributed by atoms with Crippen LogP contribution in [0.1, 0.15) is 84.5 Å². The molecule has 1 aliphatic heterocycles. The zero-order valence-corrected chi connectivity index (χ0v) is 21.3. The van der Waals surface area contributed by atoms with Crippen molar-refractivity contribution in [1.29, 1.82) is 0 Å². The van der Waals surface area contributed by atoms with Crippen molar-refractivity contribution >= 4 is 11.9 Å². The molecule has 0 saturated carbocycles. The number of rotatable bonds is 14. The molecule has 0 radical (unpaired) electrons. The topological polar surface area (TPSA) is 61.8 Å². The van der Waals surface area contributed by atoms with E-state index in [-0.39, 0.29) is 11.9 Å². The van der Waals surface area contributed by atoms with Gasteiger partial charge in [0.15, 0.2) is 6.10 Å². The lowest BCUT2D eigenvalue weighted by molar-refractivity contribution is -0.171. The molecule has 1 heterocycles. The number of cyclic esters (lactones) is 1. The SMILES string of the molecule is CCCCCCCCOc1ccc(-c2ccccc2)c(OC(=O)[C@@H]2CC[C@H](CCCC)C(=O)O2)c1. The van der Waals surface area contributed by atoms with Crippen LogP contribution in [0.4, 0.5) is 0 Å². The maximum Gasteiger partial charge on any atom is 0.352 e. The lowest BCUT2D eigenvalue weighted by Crippen LogP contribution is -2.38. The number of ether oxygens (including phenoxy) is 3. The average molecular weight is 481 g/mol. The molecule has 2 atom stereocenters. The molecule has 5 nitrogen and oxygen atoms in total. The molecule has 2 aromatic carbocycles. The van der Waals surface area contributed by atoms with Crippen LogP contribution < -0.4 is 9.47 Å². The summed E-state index contributed by atoms with van der Waals surface area (Å²) in [7, 11) is 0. The minimum Gasteiger partial charge on any atom is -0.493 e. The van der Waals surface area contributed by atoms with Crippen molar-refractivity contribution in [2.75, 3.05) is 6.61 Å². The fourth-order valence-corrected chi connectivity index (χ4v) is 4.42. The van der Waals surface area contributed by atoms with Crippen molar-refractivity contribution in [3.8, 4) is 22.6 Å². The summed E-state index contributed by atoms with van der Waals surface area (Å²) in [6, 6.07) is 15.4. The van der Waals surface area contributed by atoms with Gasteiger partial charge in [0, 0.05) is 11.6 Å². The van der Waals surface area contributed by atoms with E-state index in [1.165, 1.54) is 25.7 Å².